The summed E-state index contributed by atoms with van der Waals surface area (Å²) in [6, 6.07) is 0. The van der Waals surface area contributed by atoms with Crippen molar-refractivity contribution in [3.8, 4) is 0 Å². The molecule has 17 heavy (non-hydrogen) atoms. The van der Waals surface area contributed by atoms with Crippen LogP contribution in [0.25, 0.3) is 0 Å². The van der Waals surface area contributed by atoms with Crippen LogP contribution in [0.4, 0.5) is 0 Å². The molecule has 5 heteroatoms. The van der Waals surface area contributed by atoms with Gasteiger partial charge in [0, 0.05) is 5.92 Å². The first kappa shape index (κ1) is 14.5. The highest BCUT2D eigenvalue weighted by Gasteiger charge is 2.26. The third kappa shape index (κ3) is 3.43. The zero-order chi connectivity index (χ0) is 11.5. The number of amides is 1. The minimum Gasteiger partial charge on any atom is -1.00 e. The second-order valence-corrected chi connectivity index (χ2v) is 4.66. The van der Waals surface area contributed by atoms with Crippen molar-refractivity contribution in [3.05, 3.63) is 18.7 Å². The number of hydrogen-bond acceptors (Lipinski definition) is 1. The molecule has 1 aromatic heterocycles. The average molecular weight is 349 g/mol. The van der Waals surface area contributed by atoms with Crippen molar-refractivity contribution >= 4 is 5.91 Å². The van der Waals surface area contributed by atoms with Crippen LogP contribution in [0.3, 0.4) is 0 Å². The second-order valence-electron chi connectivity index (χ2n) is 4.66. The number of imidazole rings is 1. The molecule has 0 aliphatic heterocycles. The topological polar surface area (TPSA) is 29.1 Å². The molecule has 1 fully saturated rings. The van der Waals surface area contributed by atoms with Crippen LogP contribution in [-0.4, -0.2) is 17.6 Å². The largest absolute Gasteiger partial charge is 1.00 e. The van der Waals surface area contributed by atoms with E-state index >= 15 is 0 Å². The van der Waals surface area contributed by atoms with Gasteiger partial charge >= 0.3 is 0 Å². The second kappa shape index (κ2) is 6.37. The Morgan fingerprint density at radius 1 is 1.35 bits per heavy atom. The third-order valence-corrected chi connectivity index (χ3v) is 3.37. The fourth-order valence-electron chi connectivity index (χ4n) is 2.34. The minimum absolute atomic E-state index is 0. The molecule has 1 aromatic rings. The quantitative estimate of drug-likeness (QED) is 0.448. The van der Waals surface area contributed by atoms with Crippen molar-refractivity contribution in [2.24, 2.45) is 13.0 Å². The Labute approximate surface area is 120 Å². The molecular weight excluding hydrogens is 329 g/mol. The molecule has 0 radical (unpaired) electrons. The van der Waals surface area contributed by atoms with Crippen LogP contribution in [0.15, 0.2) is 18.7 Å². The molecule has 96 valence electrons. The molecule has 1 aliphatic carbocycles. The zero-order valence-electron chi connectivity index (χ0n) is 10.5. The number of nitrogens with zero attached hydrogens (tertiary/aromatic N) is 3. The van der Waals surface area contributed by atoms with Crippen molar-refractivity contribution in [1.82, 2.24) is 4.68 Å². The summed E-state index contributed by atoms with van der Waals surface area (Å²) in [6.07, 6.45) is 11.5. The lowest BCUT2D eigenvalue weighted by Gasteiger charge is -2.23. The van der Waals surface area contributed by atoms with Crippen LogP contribution < -0.4 is 33.6 Å². The van der Waals surface area contributed by atoms with Gasteiger partial charge in [0.25, 0.3) is 12.2 Å². The number of rotatable bonds is 2. The third-order valence-electron chi connectivity index (χ3n) is 3.37. The van der Waals surface area contributed by atoms with Crippen LogP contribution in [0, 0.1) is 5.92 Å². The van der Waals surface area contributed by atoms with Crippen LogP contribution in [-0.2, 0) is 11.8 Å². The molecule has 0 bridgehead atoms. The summed E-state index contributed by atoms with van der Waals surface area (Å²) in [5.74, 6) is 0.474. The fraction of sp³-hybridized carbons (Fsp3) is 0.667. The van der Waals surface area contributed by atoms with Crippen LogP contribution in [0.2, 0.25) is 0 Å². The van der Waals surface area contributed by atoms with E-state index in [2.05, 4.69) is 0 Å². The number of carbonyl (C=O) groups is 1. The first-order valence-electron chi connectivity index (χ1n) is 5.99. The van der Waals surface area contributed by atoms with E-state index in [9.17, 15) is 4.79 Å². The van der Waals surface area contributed by atoms with Gasteiger partial charge in [-0.2, -0.15) is 5.01 Å². The highest BCUT2D eigenvalue weighted by molar-refractivity contribution is 5.87. The molecule has 1 saturated carbocycles. The molecule has 0 spiro atoms. The molecule has 4 nitrogen and oxygen atoms in total. The molecule has 1 aliphatic rings. The number of aryl methyl sites for hydroxylation is 1. The van der Waals surface area contributed by atoms with Gasteiger partial charge in [-0.05, 0) is 12.8 Å². The van der Waals surface area contributed by atoms with Gasteiger partial charge in [0.2, 0.25) is 0 Å². The highest BCUT2D eigenvalue weighted by Crippen LogP contribution is 2.24. The van der Waals surface area contributed by atoms with E-state index in [-0.39, 0.29) is 35.8 Å². The van der Waals surface area contributed by atoms with E-state index in [0.29, 0.717) is 0 Å². The molecule has 2 rings (SSSR count). The first-order chi connectivity index (χ1) is 7.68. The maximum Gasteiger partial charge on any atom is 0.267 e. The van der Waals surface area contributed by atoms with Crippen molar-refractivity contribution in [2.75, 3.05) is 12.1 Å². The summed E-state index contributed by atoms with van der Waals surface area (Å²) >= 11 is 0. The predicted octanol–water partition coefficient (Wildman–Crippen LogP) is -2.01. The Kier molecular flexibility index (Phi) is 5.42. The maximum atomic E-state index is 12.2. The number of aromatic nitrogens is 2. The van der Waals surface area contributed by atoms with Crippen LogP contribution >= 0.6 is 0 Å². The number of hydrogen-bond donors (Lipinski definition) is 0. The van der Waals surface area contributed by atoms with E-state index in [1.54, 1.807) is 5.01 Å². The van der Waals surface area contributed by atoms with E-state index < -0.39 is 0 Å². The van der Waals surface area contributed by atoms with Crippen LogP contribution in [0.1, 0.15) is 32.1 Å². The molecular formula is C12H20IN3O. The molecule has 0 N–H and O–H groups in total. The summed E-state index contributed by atoms with van der Waals surface area (Å²) in [5, 5.41) is 1.72. The monoisotopic (exact) mass is 349 g/mol. The number of carbonyl (C=O) groups excluding carboxylic acids is 1. The molecule has 0 saturated heterocycles. The van der Waals surface area contributed by atoms with E-state index in [1.165, 1.54) is 19.3 Å². The average Bonchev–Trinajstić information content (AvgIpc) is 2.75. The van der Waals surface area contributed by atoms with Gasteiger partial charge in [-0.3, -0.25) is 4.79 Å². The molecule has 0 atom stereocenters. The SMILES string of the molecule is CN(C(=O)C1CCCCC1)n1cc[n+](C)c1.[I-]. The van der Waals surface area contributed by atoms with Gasteiger partial charge < -0.3 is 24.0 Å². The van der Waals surface area contributed by atoms with Gasteiger partial charge in [0.05, 0.1) is 14.1 Å². The standard InChI is InChI=1S/C12H20N3O.HI/c1-13-8-9-15(10-13)14(2)12(16)11-6-4-3-5-7-11;/h8-11H,3-7H2,1-2H3;1H/q+1;/p-1. The van der Waals surface area contributed by atoms with Crippen molar-refractivity contribution in [1.29, 1.82) is 0 Å². The maximum absolute atomic E-state index is 12.2. The number of halogens is 1. The normalized spacial score (nSPS) is 16.4. The first-order valence-corrected chi connectivity index (χ1v) is 5.99. The fourth-order valence-corrected chi connectivity index (χ4v) is 2.34. The molecule has 1 heterocycles. The Morgan fingerprint density at radius 2 is 2.00 bits per heavy atom. The Bertz CT molecular complexity index is 372. The van der Waals surface area contributed by atoms with E-state index in [4.69, 9.17) is 0 Å². The molecule has 0 aromatic carbocycles. The van der Waals surface area contributed by atoms with Gasteiger partial charge in [0.1, 0.15) is 6.20 Å². The molecule has 0 unspecified atom stereocenters. The lowest BCUT2D eigenvalue weighted by atomic mass is 9.88. The predicted molar refractivity (Wildman–Crippen MR) is 61.3 cm³/mol. The van der Waals surface area contributed by atoms with Crippen molar-refractivity contribution < 1.29 is 33.3 Å². The Morgan fingerprint density at radius 3 is 2.53 bits per heavy atom. The lowest BCUT2D eigenvalue weighted by molar-refractivity contribution is -0.671. The summed E-state index contributed by atoms with van der Waals surface area (Å²) in [4.78, 5) is 12.2. The van der Waals surface area contributed by atoms with Gasteiger partial charge in [-0.15, -0.1) is 4.68 Å². The Balaban J connectivity index is 0.00000144. The molecule has 1 amide bonds. The summed E-state index contributed by atoms with van der Waals surface area (Å²) in [7, 11) is 3.80. The van der Waals surface area contributed by atoms with E-state index in [0.717, 1.165) is 12.8 Å². The van der Waals surface area contributed by atoms with E-state index in [1.807, 2.05) is 42.1 Å². The Hall–Kier alpha value is -0.590. The lowest BCUT2D eigenvalue weighted by Crippen LogP contribution is -3.00. The van der Waals surface area contributed by atoms with Crippen molar-refractivity contribution in [2.45, 2.75) is 32.1 Å². The summed E-state index contributed by atoms with van der Waals surface area (Å²) < 4.78 is 3.78. The highest BCUT2D eigenvalue weighted by atomic mass is 127. The van der Waals surface area contributed by atoms with Gasteiger partial charge in [0.15, 0.2) is 6.20 Å². The minimum atomic E-state index is 0. The summed E-state index contributed by atoms with van der Waals surface area (Å²) in [5.41, 5.74) is 0. The van der Waals surface area contributed by atoms with Crippen LogP contribution in [0.5, 0.6) is 0 Å². The zero-order valence-corrected chi connectivity index (χ0v) is 12.6. The summed E-state index contributed by atoms with van der Waals surface area (Å²) in [6.45, 7) is 0. The van der Waals surface area contributed by atoms with Gasteiger partial charge in [-0.1, -0.05) is 19.3 Å². The van der Waals surface area contributed by atoms with Gasteiger partial charge in [-0.25, -0.2) is 4.57 Å². The van der Waals surface area contributed by atoms with Crippen molar-refractivity contribution in [3.63, 3.8) is 0 Å². The smallest absolute Gasteiger partial charge is 0.267 e.